The fourth-order valence-corrected chi connectivity index (χ4v) is 3.98. The minimum atomic E-state index is -0.206. The molecule has 0 saturated carbocycles. The molecule has 28 heavy (non-hydrogen) atoms. The van der Waals surface area contributed by atoms with Gasteiger partial charge < -0.3 is 20.1 Å². The summed E-state index contributed by atoms with van der Waals surface area (Å²) in [5, 5.41) is 8.39. The number of hydrogen-bond acceptors (Lipinski definition) is 6. The number of anilines is 2. The fraction of sp³-hybridized carbons (Fsp3) is 0.368. The molecule has 1 aliphatic heterocycles. The second-order valence-electron chi connectivity index (χ2n) is 6.74. The molecular formula is C19H22N6O2S. The predicted octanol–water partition coefficient (Wildman–Crippen LogP) is 2.52. The number of amides is 2. The second-order valence-corrected chi connectivity index (χ2v) is 7.60. The van der Waals surface area contributed by atoms with Crippen LogP contribution in [0.2, 0.25) is 0 Å². The Hall–Kier alpha value is -2.94. The SMILES string of the molecule is Cn1c(Nc2nc(C(=O)NCCCN3CCCC3=O)cs2)nc2ccccc21. The molecule has 0 atom stereocenters. The molecule has 1 saturated heterocycles. The lowest BCUT2D eigenvalue weighted by Crippen LogP contribution is -2.30. The number of fused-ring (bicyclic) bond motifs is 1. The van der Waals surface area contributed by atoms with Gasteiger partial charge in [0.15, 0.2) is 5.13 Å². The van der Waals surface area contributed by atoms with Crippen LogP contribution in [0.15, 0.2) is 29.6 Å². The third-order valence-corrected chi connectivity index (χ3v) is 5.56. The van der Waals surface area contributed by atoms with Crippen LogP contribution in [0.1, 0.15) is 29.8 Å². The van der Waals surface area contributed by atoms with Crippen LogP contribution in [0, 0.1) is 0 Å². The standard InChI is InChI=1S/C19H22N6O2S/c1-24-15-7-3-2-6-13(15)21-18(24)23-19-22-14(12-28-19)17(27)20-9-5-11-25-10-4-8-16(25)26/h2-3,6-7,12H,4-5,8-11H2,1H3,(H,20,27)(H,21,22,23). The smallest absolute Gasteiger partial charge is 0.270 e. The van der Waals surface area contributed by atoms with E-state index in [9.17, 15) is 9.59 Å². The first-order valence-electron chi connectivity index (χ1n) is 9.32. The quantitative estimate of drug-likeness (QED) is 0.597. The molecule has 2 N–H and O–H groups in total. The minimum absolute atomic E-state index is 0.206. The Morgan fingerprint density at radius 2 is 2.14 bits per heavy atom. The molecule has 0 aliphatic carbocycles. The van der Waals surface area contributed by atoms with Crippen molar-refractivity contribution in [2.75, 3.05) is 25.0 Å². The average molecular weight is 398 g/mol. The van der Waals surface area contributed by atoms with Crippen molar-refractivity contribution in [3.8, 4) is 0 Å². The first-order chi connectivity index (χ1) is 13.6. The van der Waals surface area contributed by atoms with E-state index < -0.39 is 0 Å². The molecule has 1 fully saturated rings. The molecule has 9 heteroatoms. The lowest BCUT2D eigenvalue weighted by molar-refractivity contribution is -0.127. The summed E-state index contributed by atoms with van der Waals surface area (Å²) in [4.78, 5) is 34.6. The Morgan fingerprint density at radius 1 is 1.29 bits per heavy atom. The highest BCUT2D eigenvalue weighted by molar-refractivity contribution is 7.14. The molecular weight excluding hydrogens is 376 g/mol. The average Bonchev–Trinajstić information content (AvgIpc) is 3.40. The number of imidazole rings is 1. The molecule has 3 heterocycles. The summed E-state index contributed by atoms with van der Waals surface area (Å²) in [5.41, 5.74) is 2.30. The highest BCUT2D eigenvalue weighted by Crippen LogP contribution is 2.23. The van der Waals surface area contributed by atoms with Gasteiger partial charge in [-0.15, -0.1) is 11.3 Å². The normalized spacial score (nSPS) is 14.0. The molecule has 2 aromatic heterocycles. The minimum Gasteiger partial charge on any atom is -0.351 e. The maximum absolute atomic E-state index is 12.3. The van der Waals surface area contributed by atoms with Crippen LogP contribution in [-0.2, 0) is 11.8 Å². The van der Waals surface area contributed by atoms with Gasteiger partial charge in [-0.25, -0.2) is 9.97 Å². The van der Waals surface area contributed by atoms with E-state index in [1.54, 1.807) is 5.38 Å². The third-order valence-electron chi connectivity index (χ3n) is 4.80. The number of thiazole rings is 1. The van der Waals surface area contributed by atoms with Gasteiger partial charge in [-0.1, -0.05) is 12.1 Å². The summed E-state index contributed by atoms with van der Waals surface area (Å²) in [5.74, 6) is 0.684. The largest absolute Gasteiger partial charge is 0.351 e. The molecule has 3 aromatic rings. The maximum Gasteiger partial charge on any atom is 0.270 e. The van der Waals surface area contributed by atoms with Gasteiger partial charge in [0.2, 0.25) is 11.9 Å². The van der Waals surface area contributed by atoms with Crippen LogP contribution < -0.4 is 10.6 Å². The van der Waals surface area contributed by atoms with E-state index in [0.29, 0.717) is 36.3 Å². The molecule has 1 aromatic carbocycles. The molecule has 0 bridgehead atoms. The van der Waals surface area contributed by atoms with Gasteiger partial charge in [-0.05, 0) is 25.0 Å². The van der Waals surface area contributed by atoms with Crippen molar-refractivity contribution in [1.82, 2.24) is 24.8 Å². The first-order valence-corrected chi connectivity index (χ1v) is 10.2. The highest BCUT2D eigenvalue weighted by Gasteiger charge is 2.19. The number of aryl methyl sites for hydroxylation is 1. The van der Waals surface area contributed by atoms with E-state index in [2.05, 4.69) is 20.6 Å². The number of likely N-dealkylation sites (tertiary alicyclic amines) is 1. The van der Waals surface area contributed by atoms with Crippen LogP contribution in [0.4, 0.5) is 11.1 Å². The van der Waals surface area contributed by atoms with E-state index in [4.69, 9.17) is 0 Å². The van der Waals surface area contributed by atoms with Crippen molar-refractivity contribution in [3.05, 3.63) is 35.3 Å². The number of rotatable bonds is 7. The number of nitrogens with zero attached hydrogens (tertiary/aromatic N) is 4. The number of carbonyl (C=O) groups excluding carboxylic acids is 2. The predicted molar refractivity (Wildman–Crippen MR) is 109 cm³/mol. The Kier molecular flexibility index (Phi) is 5.25. The van der Waals surface area contributed by atoms with E-state index in [1.807, 2.05) is 40.8 Å². The summed E-state index contributed by atoms with van der Waals surface area (Å²) >= 11 is 1.36. The van der Waals surface area contributed by atoms with E-state index in [-0.39, 0.29) is 11.8 Å². The Bertz CT molecular complexity index is 1010. The van der Waals surface area contributed by atoms with Gasteiger partial charge >= 0.3 is 0 Å². The van der Waals surface area contributed by atoms with Crippen LogP contribution in [0.3, 0.4) is 0 Å². The molecule has 2 amide bonds. The van der Waals surface area contributed by atoms with Crippen molar-refractivity contribution < 1.29 is 9.59 Å². The lowest BCUT2D eigenvalue weighted by Gasteiger charge is -2.14. The Labute approximate surface area is 166 Å². The molecule has 4 rings (SSSR count). The number of hydrogen-bond donors (Lipinski definition) is 2. The maximum atomic E-state index is 12.3. The van der Waals surface area contributed by atoms with Crippen LogP contribution in [0.5, 0.6) is 0 Å². The number of carbonyl (C=O) groups is 2. The third kappa shape index (κ3) is 3.84. The van der Waals surface area contributed by atoms with Crippen molar-refractivity contribution in [2.24, 2.45) is 7.05 Å². The Balaban J connectivity index is 1.31. The van der Waals surface area contributed by atoms with Crippen LogP contribution >= 0.6 is 11.3 Å². The lowest BCUT2D eigenvalue weighted by atomic mass is 10.3. The van der Waals surface area contributed by atoms with Crippen molar-refractivity contribution in [3.63, 3.8) is 0 Å². The highest BCUT2D eigenvalue weighted by atomic mass is 32.1. The van der Waals surface area contributed by atoms with E-state index in [0.717, 1.165) is 30.4 Å². The Morgan fingerprint density at radius 3 is 2.93 bits per heavy atom. The van der Waals surface area contributed by atoms with E-state index >= 15 is 0 Å². The summed E-state index contributed by atoms with van der Waals surface area (Å²) in [6, 6.07) is 7.88. The molecule has 0 spiro atoms. The van der Waals surface area contributed by atoms with Crippen molar-refractivity contribution in [2.45, 2.75) is 19.3 Å². The summed E-state index contributed by atoms with van der Waals surface area (Å²) in [7, 11) is 1.93. The van der Waals surface area contributed by atoms with Gasteiger partial charge in [0, 0.05) is 38.5 Å². The molecule has 0 radical (unpaired) electrons. The van der Waals surface area contributed by atoms with Gasteiger partial charge in [-0.2, -0.15) is 0 Å². The van der Waals surface area contributed by atoms with Gasteiger partial charge in [0.25, 0.3) is 5.91 Å². The zero-order valence-electron chi connectivity index (χ0n) is 15.6. The zero-order chi connectivity index (χ0) is 19.5. The summed E-state index contributed by atoms with van der Waals surface area (Å²) in [6.45, 7) is 2.04. The van der Waals surface area contributed by atoms with Gasteiger partial charge in [0.1, 0.15) is 5.69 Å². The zero-order valence-corrected chi connectivity index (χ0v) is 16.5. The van der Waals surface area contributed by atoms with Crippen LogP contribution in [-0.4, -0.2) is 50.9 Å². The molecule has 1 aliphatic rings. The number of aromatic nitrogens is 3. The van der Waals surface area contributed by atoms with E-state index in [1.165, 1.54) is 11.3 Å². The van der Waals surface area contributed by atoms with Gasteiger partial charge in [-0.3, -0.25) is 9.59 Å². The number of para-hydroxylation sites is 2. The number of benzene rings is 1. The molecule has 8 nitrogen and oxygen atoms in total. The second kappa shape index (κ2) is 7.97. The summed E-state index contributed by atoms with van der Waals surface area (Å²) < 4.78 is 1.95. The fourth-order valence-electron chi connectivity index (χ4n) is 3.29. The molecule has 146 valence electrons. The van der Waals surface area contributed by atoms with Crippen molar-refractivity contribution >= 4 is 45.3 Å². The first kappa shape index (κ1) is 18.4. The van der Waals surface area contributed by atoms with Crippen LogP contribution in [0.25, 0.3) is 11.0 Å². The summed E-state index contributed by atoms with van der Waals surface area (Å²) in [6.07, 6.45) is 2.32. The van der Waals surface area contributed by atoms with Gasteiger partial charge in [0.05, 0.1) is 11.0 Å². The monoisotopic (exact) mass is 398 g/mol. The van der Waals surface area contributed by atoms with Crippen molar-refractivity contribution in [1.29, 1.82) is 0 Å². The molecule has 0 unspecified atom stereocenters. The topological polar surface area (TPSA) is 92.2 Å². The number of nitrogens with one attached hydrogen (secondary N) is 2.